The molecule has 3 aliphatic rings. The van der Waals surface area contributed by atoms with Crippen molar-refractivity contribution >= 4 is 0 Å². The summed E-state index contributed by atoms with van der Waals surface area (Å²) in [4.78, 5) is 0. The fraction of sp³-hybridized carbons (Fsp3) is 1.00. The monoisotopic (exact) mass is 516 g/mol. The van der Waals surface area contributed by atoms with Gasteiger partial charge < -0.3 is 74.0 Å². The molecule has 15 heteroatoms. The van der Waals surface area contributed by atoms with Gasteiger partial charge in [-0.15, -0.1) is 0 Å². The van der Waals surface area contributed by atoms with Crippen LogP contribution in [-0.4, -0.2) is 160 Å². The van der Waals surface area contributed by atoms with E-state index in [-0.39, 0.29) is 0 Å². The first kappa shape index (κ1) is 29.0. The summed E-state index contributed by atoms with van der Waals surface area (Å²) in [6.45, 7) is 0.219. The van der Waals surface area contributed by atoms with Gasteiger partial charge >= 0.3 is 0 Å². The molecular formula is C20H36O15. The molecule has 206 valence electrons. The molecule has 35 heavy (non-hydrogen) atoms. The van der Waals surface area contributed by atoms with Crippen LogP contribution >= 0.6 is 0 Å². The molecule has 3 heterocycles. The Morgan fingerprint density at radius 2 is 1.09 bits per heavy atom. The molecule has 15 atom stereocenters. The number of aliphatic hydroxyl groups is 8. The molecule has 0 spiro atoms. The first-order valence-electron chi connectivity index (χ1n) is 11.2. The number of methoxy groups -OCH3 is 2. The minimum absolute atomic E-state index is 0.602. The van der Waals surface area contributed by atoms with Gasteiger partial charge in [-0.25, -0.2) is 0 Å². The second kappa shape index (κ2) is 12.3. The quantitative estimate of drug-likeness (QED) is 0.151. The van der Waals surface area contributed by atoms with E-state index in [0.29, 0.717) is 0 Å². The summed E-state index contributed by atoms with van der Waals surface area (Å²) in [5.74, 6) is 0. The van der Waals surface area contributed by atoms with Crippen LogP contribution < -0.4 is 0 Å². The molecule has 0 unspecified atom stereocenters. The van der Waals surface area contributed by atoms with Gasteiger partial charge in [-0.05, 0) is 6.92 Å². The largest absolute Gasteiger partial charge is 0.394 e. The maximum Gasteiger partial charge on any atom is 0.187 e. The molecule has 3 rings (SSSR count). The molecule has 0 amide bonds. The smallest absolute Gasteiger partial charge is 0.187 e. The van der Waals surface area contributed by atoms with Crippen molar-refractivity contribution in [3.8, 4) is 0 Å². The lowest BCUT2D eigenvalue weighted by Crippen LogP contribution is -2.66. The van der Waals surface area contributed by atoms with Gasteiger partial charge in [0.25, 0.3) is 0 Å². The minimum Gasteiger partial charge on any atom is -0.394 e. The predicted octanol–water partition coefficient (Wildman–Crippen LogP) is -5.24. The number of hydrogen-bond acceptors (Lipinski definition) is 15. The fourth-order valence-electron chi connectivity index (χ4n) is 4.55. The van der Waals surface area contributed by atoms with Crippen LogP contribution in [0.25, 0.3) is 0 Å². The summed E-state index contributed by atoms with van der Waals surface area (Å²) in [6.07, 6.45) is -20.3. The molecular weight excluding hydrogens is 480 g/mol. The predicted molar refractivity (Wildman–Crippen MR) is 109 cm³/mol. The van der Waals surface area contributed by atoms with Crippen LogP contribution in [0.4, 0.5) is 0 Å². The van der Waals surface area contributed by atoms with Crippen molar-refractivity contribution in [3.63, 3.8) is 0 Å². The number of aliphatic hydroxyl groups excluding tert-OH is 8. The van der Waals surface area contributed by atoms with Crippen LogP contribution in [0.1, 0.15) is 6.92 Å². The Morgan fingerprint density at radius 3 is 1.63 bits per heavy atom. The maximum atomic E-state index is 10.9. The molecule has 3 fully saturated rings. The third kappa shape index (κ3) is 5.79. The minimum atomic E-state index is -1.67. The third-order valence-corrected chi connectivity index (χ3v) is 6.54. The second-order valence-corrected chi connectivity index (χ2v) is 8.74. The fourth-order valence-corrected chi connectivity index (χ4v) is 4.55. The van der Waals surface area contributed by atoms with E-state index in [1.807, 2.05) is 0 Å². The lowest BCUT2D eigenvalue weighted by molar-refractivity contribution is -0.378. The van der Waals surface area contributed by atoms with Gasteiger partial charge in [0.1, 0.15) is 67.1 Å². The topological polar surface area (TPSA) is 226 Å². The lowest BCUT2D eigenvalue weighted by Gasteiger charge is -2.48. The Labute approximate surface area is 201 Å². The number of rotatable bonds is 8. The van der Waals surface area contributed by atoms with Gasteiger partial charge in [0.05, 0.1) is 19.3 Å². The zero-order chi connectivity index (χ0) is 26.0. The standard InChI is InChI=1S/C20H36O15/c1-6-14(10(24)11(25)18(28)31-6)34-20-13(27)17(30-3)15(8(5-22)33-20)35-19-12(26)16(29-2)9(23)7(4-21)32-19/h6-28H,4-5H2,1-3H3/t6-,7+,8+,9-,10-,11+,12+,13+,14-,15-,16-,17+,18-,19-,20-/m0/s1. The highest BCUT2D eigenvalue weighted by Gasteiger charge is 2.53. The average molecular weight is 516 g/mol. The molecule has 3 aliphatic heterocycles. The van der Waals surface area contributed by atoms with Gasteiger partial charge in [-0.3, -0.25) is 0 Å². The van der Waals surface area contributed by atoms with Crippen LogP contribution in [0.5, 0.6) is 0 Å². The van der Waals surface area contributed by atoms with E-state index in [1.54, 1.807) is 0 Å². The summed E-state index contributed by atoms with van der Waals surface area (Å²) >= 11 is 0. The Balaban J connectivity index is 1.76. The van der Waals surface area contributed by atoms with Crippen LogP contribution in [0.2, 0.25) is 0 Å². The van der Waals surface area contributed by atoms with Gasteiger partial charge in [-0.2, -0.15) is 0 Å². The van der Waals surface area contributed by atoms with E-state index in [2.05, 4.69) is 0 Å². The first-order valence-corrected chi connectivity index (χ1v) is 11.2. The normalized spacial score (nSPS) is 51.3. The van der Waals surface area contributed by atoms with Gasteiger partial charge in [0.15, 0.2) is 18.9 Å². The van der Waals surface area contributed by atoms with Gasteiger partial charge in [0.2, 0.25) is 0 Å². The molecule has 0 aromatic rings. The van der Waals surface area contributed by atoms with Crippen molar-refractivity contribution < 1.29 is 74.0 Å². The molecule has 0 aromatic carbocycles. The summed E-state index contributed by atoms with van der Waals surface area (Å²) in [5, 5.41) is 80.9. The molecule has 0 aliphatic carbocycles. The van der Waals surface area contributed by atoms with E-state index in [9.17, 15) is 40.9 Å². The highest BCUT2D eigenvalue weighted by molar-refractivity contribution is 4.96. The molecule has 15 nitrogen and oxygen atoms in total. The molecule has 0 bridgehead atoms. The van der Waals surface area contributed by atoms with Crippen LogP contribution in [0.3, 0.4) is 0 Å². The molecule has 0 saturated carbocycles. The molecule has 0 aromatic heterocycles. The molecule has 0 radical (unpaired) electrons. The maximum absolute atomic E-state index is 10.9. The highest BCUT2D eigenvalue weighted by atomic mass is 16.8. The van der Waals surface area contributed by atoms with Gasteiger partial charge in [-0.1, -0.05) is 0 Å². The van der Waals surface area contributed by atoms with Crippen molar-refractivity contribution in [1.29, 1.82) is 0 Å². The summed E-state index contributed by atoms with van der Waals surface area (Å²) in [6, 6.07) is 0. The van der Waals surface area contributed by atoms with E-state index >= 15 is 0 Å². The number of hydrogen-bond donors (Lipinski definition) is 8. The Kier molecular flexibility index (Phi) is 10.2. The van der Waals surface area contributed by atoms with E-state index in [0.717, 1.165) is 0 Å². The zero-order valence-corrected chi connectivity index (χ0v) is 19.5. The Bertz CT molecular complexity index is 656. The van der Waals surface area contributed by atoms with E-state index < -0.39 is 105 Å². The second-order valence-electron chi connectivity index (χ2n) is 8.74. The summed E-state index contributed by atoms with van der Waals surface area (Å²) in [7, 11) is 2.50. The summed E-state index contributed by atoms with van der Waals surface area (Å²) in [5.41, 5.74) is 0. The lowest BCUT2D eigenvalue weighted by atomic mass is 9.96. The van der Waals surface area contributed by atoms with Crippen molar-refractivity contribution in [1.82, 2.24) is 0 Å². The zero-order valence-electron chi connectivity index (χ0n) is 19.5. The molecule has 8 N–H and O–H groups in total. The van der Waals surface area contributed by atoms with Crippen molar-refractivity contribution in [3.05, 3.63) is 0 Å². The first-order chi connectivity index (χ1) is 16.6. The highest BCUT2D eigenvalue weighted by Crippen LogP contribution is 2.33. The van der Waals surface area contributed by atoms with E-state index in [4.69, 9.17) is 33.2 Å². The van der Waals surface area contributed by atoms with Crippen molar-refractivity contribution in [2.75, 3.05) is 27.4 Å². The van der Waals surface area contributed by atoms with Crippen LogP contribution in [0, 0.1) is 0 Å². The Hall–Kier alpha value is -0.600. The SMILES string of the molecule is CO[C@H]1[C@@H](O)[C@@H](CO)O[C@@H](O[C@@H]2[C@H](OC)[C@@H](O)[C@H](O[C@@H]3[C@@H](O)[C@@H](O)[C@@H](O)O[C@H]3C)O[C@@H]2CO)[C@@H]1O. The van der Waals surface area contributed by atoms with Crippen molar-refractivity contribution in [2.45, 2.75) is 99.0 Å². The van der Waals surface area contributed by atoms with Crippen LogP contribution in [0.15, 0.2) is 0 Å². The third-order valence-electron chi connectivity index (χ3n) is 6.54. The summed E-state index contributed by atoms with van der Waals surface area (Å²) < 4.78 is 38.2. The van der Waals surface area contributed by atoms with Crippen LogP contribution in [-0.2, 0) is 33.2 Å². The van der Waals surface area contributed by atoms with Gasteiger partial charge in [0, 0.05) is 14.2 Å². The molecule has 3 saturated heterocycles. The Morgan fingerprint density at radius 1 is 0.571 bits per heavy atom. The van der Waals surface area contributed by atoms with E-state index in [1.165, 1.54) is 21.1 Å². The average Bonchev–Trinajstić information content (AvgIpc) is 2.83. The van der Waals surface area contributed by atoms with Crippen molar-refractivity contribution in [2.24, 2.45) is 0 Å². The number of ether oxygens (including phenoxy) is 7.